The molecule has 0 spiro atoms. The van der Waals surface area contributed by atoms with Crippen molar-refractivity contribution < 1.29 is 14.1 Å². The summed E-state index contributed by atoms with van der Waals surface area (Å²) in [4.78, 5) is 31.0. The molecule has 0 radical (unpaired) electrons. The van der Waals surface area contributed by atoms with Crippen LogP contribution in [0.15, 0.2) is 59.3 Å². The first kappa shape index (κ1) is 16.5. The predicted octanol–water partition coefficient (Wildman–Crippen LogP) is 3.46. The van der Waals surface area contributed by atoms with Crippen LogP contribution in [0.25, 0.3) is 17.0 Å². The van der Waals surface area contributed by atoms with Gasteiger partial charge in [-0.2, -0.15) is 0 Å². The molecular formula is C18H13N5O4. The zero-order valence-electron chi connectivity index (χ0n) is 14.1. The van der Waals surface area contributed by atoms with E-state index in [1.54, 1.807) is 24.4 Å². The number of hydrogen-bond donors (Lipinski definition) is 1. The zero-order valence-corrected chi connectivity index (χ0v) is 14.1. The molecule has 9 heteroatoms. The number of amides is 1. The first-order valence-electron chi connectivity index (χ1n) is 7.98. The molecule has 4 rings (SSSR count). The highest BCUT2D eigenvalue weighted by Crippen LogP contribution is 2.26. The van der Waals surface area contributed by atoms with Crippen molar-refractivity contribution in [3.05, 3.63) is 76.4 Å². The number of carbonyl (C=O) groups excluding carboxylic acids is 1. The second-order valence-electron chi connectivity index (χ2n) is 5.77. The SMILES string of the molecule is Cc1c(-c2cccc(NC(=O)c3ccc([N+](=O)[O-])o3)c2)nc2ncccn12. The van der Waals surface area contributed by atoms with E-state index in [2.05, 4.69) is 15.3 Å². The number of benzene rings is 1. The van der Waals surface area contributed by atoms with Crippen LogP contribution in [0.3, 0.4) is 0 Å². The number of nitro groups is 1. The fourth-order valence-corrected chi connectivity index (χ4v) is 2.76. The van der Waals surface area contributed by atoms with Crippen LogP contribution in [0.2, 0.25) is 0 Å². The molecule has 134 valence electrons. The Balaban J connectivity index is 1.63. The van der Waals surface area contributed by atoms with Gasteiger partial charge >= 0.3 is 5.88 Å². The highest BCUT2D eigenvalue weighted by molar-refractivity contribution is 6.02. The van der Waals surface area contributed by atoms with Gasteiger partial charge in [0.1, 0.15) is 4.92 Å². The van der Waals surface area contributed by atoms with Gasteiger partial charge < -0.3 is 9.73 Å². The zero-order chi connectivity index (χ0) is 19.0. The molecule has 1 amide bonds. The number of anilines is 1. The molecule has 3 heterocycles. The van der Waals surface area contributed by atoms with Crippen LogP contribution in [0.1, 0.15) is 16.2 Å². The third kappa shape index (κ3) is 3.01. The third-order valence-electron chi connectivity index (χ3n) is 4.03. The summed E-state index contributed by atoms with van der Waals surface area (Å²) >= 11 is 0. The van der Waals surface area contributed by atoms with Gasteiger partial charge in [0.25, 0.3) is 5.91 Å². The number of fused-ring (bicyclic) bond motifs is 1. The minimum absolute atomic E-state index is 0.139. The fraction of sp³-hybridized carbons (Fsp3) is 0.0556. The highest BCUT2D eigenvalue weighted by atomic mass is 16.6. The van der Waals surface area contributed by atoms with E-state index in [-0.39, 0.29) is 5.76 Å². The molecule has 1 aromatic carbocycles. The Hall–Kier alpha value is -4.01. The number of rotatable bonds is 4. The van der Waals surface area contributed by atoms with Crippen molar-refractivity contribution in [3.63, 3.8) is 0 Å². The van der Waals surface area contributed by atoms with Crippen LogP contribution in [-0.2, 0) is 0 Å². The van der Waals surface area contributed by atoms with Crippen LogP contribution in [0.5, 0.6) is 0 Å². The summed E-state index contributed by atoms with van der Waals surface area (Å²) in [5.74, 6) is -0.613. The molecule has 0 fully saturated rings. The molecule has 0 aliphatic carbocycles. The number of hydrogen-bond acceptors (Lipinski definition) is 6. The summed E-state index contributed by atoms with van der Waals surface area (Å²) in [7, 11) is 0. The van der Waals surface area contributed by atoms with Gasteiger partial charge in [0.2, 0.25) is 5.78 Å². The average molecular weight is 363 g/mol. The quantitative estimate of drug-likeness (QED) is 0.438. The maximum absolute atomic E-state index is 12.2. The van der Waals surface area contributed by atoms with Crippen molar-refractivity contribution in [2.45, 2.75) is 6.92 Å². The van der Waals surface area contributed by atoms with Gasteiger partial charge in [-0.15, -0.1) is 0 Å². The number of aryl methyl sites for hydroxylation is 1. The molecule has 0 aliphatic heterocycles. The maximum atomic E-state index is 12.2. The second-order valence-corrected chi connectivity index (χ2v) is 5.77. The van der Waals surface area contributed by atoms with Crippen LogP contribution in [0.4, 0.5) is 11.6 Å². The Morgan fingerprint density at radius 1 is 1.26 bits per heavy atom. The average Bonchev–Trinajstić information content (AvgIpc) is 3.28. The van der Waals surface area contributed by atoms with E-state index in [0.29, 0.717) is 11.5 Å². The first-order valence-corrected chi connectivity index (χ1v) is 7.98. The Labute approximate surface area is 152 Å². The summed E-state index contributed by atoms with van der Waals surface area (Å²) in [5, 5.41) is 13.3. The van der Waals surface area contributed by atoms with Gasteiger partial charge in [0.05, 0.1) is 11.8 Å². The Bertz CT molecular complexity index is 1180. The van der Waals surface area contributed by atoms with Crippen molar-refractivity contribution in [3.8, 4) is 11.3 Å². The topological polar surface area (TPSA) is 116 Å². The van der Waals surface area contributed by atoms with E-state index in [0.717, 1.165) is 23.0 Å². The molecule has 0 saturated carbocycles. The van der Waals surface area contributed by atoms with Crippen molar-refractivity contribution in [1.82, 2.24) is 14.4 Å². The Morgan fingerprint density at radius 2 is 2.11 bits per heavy atom. The van der Waals surface area contributed by atoms with E-state index < -0.39 is 16.7 Å². The van der Waals surface area contributed by atoms with Gasteiger partial charge in [0.15, 0.2) is 5.76 Å². The molecule has 3 aromatic heterocycles. The summed E-state index contributed by atoms with van der Waals surface area (Å²) in [6.07, 6.45) is 3.55. The van der Waals surface area contributed by atoms with Crippen LogP contribution in [0, 0.1) is 17.0 Å². The lowest BCUT2D eigenvalue weighted by atomic mass is 10.1. The van der Waals surface area contributed by atoms with E-state index in [4.69, 9.17) is 4.42 Å². The monoisotopic (exact) mass is 363 g/mol. The van der Waals surface area contributed by atoms with Crippen LogP contribution in [-0.4, -0.2) is 25.2 Å². The molecule has 0 atom stereocenters. The van der Waals surface area contributed by atoms with Crippen molar-refractivity contribution in [2.75, 3.05) is 5.32 Å². The van der Waals surface area contributed by atoms with Crippen molar-refractivity contribution in [2.24, 2.45) is 0 Å². The van der Waals surface area contributed by atoms with Gasteiger partial charge in [-0.25, -0.2) is 9.97 Å². The number of carbonyl (C=O) groups is 1. The van der Waals surface area contributed by atoms with Crippen molar-refractivity contribution >= 4 is 23.3 Å². The normalized spacial score (nSPS) is 10.9. The lowest BCUT2D eigenvalue weighted by molar-refractivity contribution is -0.402. The molecule has 0 saturated heterocycles. The smallest absolute Gasteiger partial charge is 0.395 e. The van der Waals surface area contributed by atoms with E-state index >= 15 is 0 Å². The van der Waals surface area contributed by atoms with E-state index in [1.165, 1.54) is 6.07 Å². The molecule has 0 bridgehead atoms. The van der Waals surface area contributed by atoms with Gasteiger partial charge in [-0.05, 0) is 31.2 Å². The summed E-state index contributed by atoms with van der Waals surface area (Å²) < 4.78 is 6.80. The van der Waals surface area contributed by atoms with Gasteiger partial charge in [0, 0.05) is 29.3 Å². The lowest BCUT2D eigenvalue weighted by Crippen LogP contribution is -2.10. The second kappa shape index (κ2) is 6.37. The van der Waals surface area contributed by atoms with Gasteiger partial charge in [-0.3, -0.25) is 19.3 Å². The molecule has 1 N–H and O–H groups in total. The fourth-order valence-electron chi connectivity index (χ4n) is 2.76. The van der Waals surface area contributed by atoms with E-state index in [1.807, 2.05) is 29.7 Å². The summed E-state index contributed by atoms with van der Waals surface area (Å²) in [6.45, 7) is 1.93. The molecule has 0 aliphatic rings. The summed E-state index contributed by atoms with van der Waals surface area (Å²) in [6, 6.07) is 11.4. The predicted molar refractivity (Wildman–Crippen MR) is 96.5 cm³/mol. The maximum Gasteiger partial charge on any atom is 0.433 e. The number of nitrogens with zero attached hydrogens (tertiary/aromatic N) is 4. The Kier molecular flexibility index (Phi) is 3.88. The molecule has 27 heavy (non-hydrogen) atoms. The Morgan fingerprint density at radius 3 is 2.85 bits per heavy atom. The summed E-state index contributed by atoms with van der Waals surface area (Å²) in [5.41, 5.74) is 2.99. The molecule has 4 aromatic rings. The first-order chi connectivity index (χ1) is 13.0. The van der Waals surface area contributed by atoms with Gasteiger partial charge in [-0.1, -0.05) is 12.1 Å². The number of nitrogens with one attached hydrogen (secondary N) is 1. The molecule has 0 unspecified atom stereocenters. The minimum atomic E-state index is -0.697. The highest BCUT2D eigenvalue weighted by Gasteiger charge is 2.18. The minimum Gasteiger partial charge on any atom is -0.395 e. The van der Waals surface area contributed by atoms with Crippen LogP contribution >= 0.6 is 0 Å². The number of aromatic nitrogens is 3. The molecule has 9 nitrogen and oxygen atoms in total. The third-order valence-corrected chi connectivity index (χ3v) is 4.03. The van der Waals surface area contributed by atoms with Crippen molar-refractivity contribution in [1.29, 1.82) is 0 Å². The van der Waals surface area contributed by atoms with Crippen LogP contribution < -0.4 is 5.32 Å². The number of furan rings is 1. The largest absolute Gasteiger partial charge is 0.433 e. The molecular weight excluding hydrogens is 350 g/mol. The van der Waals surface area contributed by atoms with E-state index in [9.17, 15) is 14.9 Å². The number of imidazole rings is 1. The lowest BCUT2D eigenvalue weighted by Gasteiger charge is -2.05. The standard InChI is InChI=1S/C18H13N5O4/c1-11-16(21-18-19-8-3-9-22(11)18)12-4-2-5-13(10-12)20-17(24)14-6-7-15(27-14)23(25)26/h2-10H,1H3,(H,20,24).